The smallest absolute Gasteiger partial charge is 0.242 e. The van der Waals surface area contributed by atoms with Gasteiger partial charge in [0.15, 0.2) is 0 Å². The lowest BCUT2D eigenvalue weighted by Gasteiger charge is -2.37. The summed E-state index contributed by atoms with van der Waals surface area (Å²) in [5.74, 6) is 0.100. The van der Waals surface area contributed by atoms with Crippen LogP contribution in [0.1, 0.15) is 35.6 Å². The lowest BCUT2D eigenvalue weighted by Crippen LogP contribution is -2.47. The van der Waals surface area contributed by atoms with Crippen LogP contribution in [0.15, 0.2) is 41.9 Å². The minimum atomic E-state index is -0.266. The topological polar surface area (TPSA) is 54.5 Å². The maximum absolute atomic E-state index is 12.9. The molecule has 0 spiro atoms. The van der Waals surface area contributed by atoms with E-state index in [1.165, 1.54) is 0 Å². The van der Waals surface area contributed by atoms with E-state index in [0.29, 0.717) is 19.2 Å². The normalized spacial score (nSPS) is 22.9. The van der Waals surface area contributed by atoms with Crippen molar-refractivity contribution >= 4 is 17.2 Å². The zero-order valence-corrected chi connectivity index (χ0v) is 14.2. The number of ether oxygens (including phenoxy) is 1. The number of nitrogens with zero attached hydrogens (tertiary/aromatic N) is 2. The average molecular weight is 343 g/mol. The summed E-state index contributed by atoms with van der Waals surface area (Å²) >= 11 is 1.60. The molecule has 6 heteroatoms. The second-order valence-electron chi connectivity index (χ2n) is 6.32. The van der Waals surface area contributed by atoms with Gasteiger partial charge in [0, 0.05) is 30.7 Å². The molecule has 1 aromatic carbocycles. The van der Waals surface area contributed by atoms with Crippen LogP contribution in [0, 0.1) is 0 Å². The number of amides is 1. The SMILES string of the molecule is O=C(NC1CC1)[C@@H](c1ccccc1)N1CCO[C@@H](c2nccs2)C1. The van der Waals surface area contributed by atoms with Gasteiger partial charge in [0.05, 0.1) is 6.61 Å². The predicted octanol–water partition coefficient (Wildman–Crippen LogP) is 2.54. The van der Waals surface area contributed by atoms with E-state index in [-0.39, 0.29) is 18.1 Å². The molecule has 126 valence electrons. The molecule has 1 aliphatic carbocycles. The first-order valence-corrected chi connectivity index (χ1v) is 9.29. The van der Waals surface area contributed by atoms with Crippen molar-refractivity contribution in [3.05, 3.63) is 52.5 Å². The van der Waals surface area contributed by atoms with Gasteiger partial charge in [-0.3, -0.25) is 9.69 Å². The number of carbonyl (C=O) groups excluding carboxylic acids is 1. The van der Waals surface area contributed by atoms with Crippen molar-refractivity contribution in [1.29, 1.82) is 0 Å². The maximum atomic E-state index is 12.9. The number of nitrogens with one attached hydrogen (secondary N) is 1. The Morgan fingerprint density at radius 2 is 2.17 bits per heavy atom. The van der Waals surface area contributed by atoms with Crippen LogP contribution in [0.25, 0.3) is 0 Å². The third-order valence-corrected chi connectivity index (χ3v) is 5.34. The molecular formula is C18H21N3O2S. The quantitative estimate of drug-likeness (QED) is 0.906. The maximum Gasteiger partial charge on any atom is 0.242 e. The summed E-state index contributed by atoms with van der Waals surface area (Å²) in [5.41, 5.74) is 1.04. The van der Waals surface area contributed by atoms with Crippen LogP contribution in [0.2, 0.25) is 0 Å². The molecule has 2 heterocycles. The highest BCUT2D eigenvalue weighted by molar-refractivity contribution is 7.09. The number of morpholine rings is 1. The van der Waals surface area contributed by atoms with E-state index in [1.807, 2.05) is 35.7 Å². The summed E-state index contributed by atoms with van der Waals surface area (Å²) in [6.07, 6.45) is 3.94. The van der Waals surface area contributed by atoms with Crippen LogP contribution in [-0.2, 0) is 9.53 Å². The molecule has 1 aromatic heterocycles. The van der Waals surface area contributed by atoms with E-state index in [0.717, 1.165) is 30.0 Å². The number of rotatable bonds is 5. The van der Waals surface area contributed by atoms with Crippen LogP contribution >= 0.6 is 11.3 Å². The molecule has 1 saturated heterocycles. The van der Waals surface area contributed by atoms with Gasteiger partial charge in [-0.1, -0.05) is 30.3 Å². The number of hydrogen-bond donors (Lipinski definition) is 1. The lowest BCUT2D eigenvalue weighted by atomic mass is 10.0. The van der Waals surface area contributed by atoms with Gasteiger partial charge in [-0.2, -0.15) is 0 Å². The van der Waals surface area contributed by atoms with Gasteiger partial charge >= 0.3 is 0 Å². The van der Waals surface area contributed by atoms with E-state index in [2.05, 4.69) is 15.2 Å². The fourth-order valence-electron chi connectivity index (χ4n) is 3.12. The Bertz CT molecular complexity index is 673. The number of carbonyl (C=O) groups is 1. The third kappa shape index (κ3) is 3.50. The molecule has 2 aliphatic rings. The summed E-state index contributed by atoms with van der Waals surface area (Å²) < 4.78 is 5.89. The number of aromatic nitrogens is 1. The zero-order valence-electron chi connectivity index (χ0n) is 13.4. The Morgan fingerprint density at radius 1 is 1.33 bits per heavy atom. The summed E-state index contributed by atoms with van der Waals surface area (Å²) in [4.78, 5) is 19.5. The lowest BCUT2D eigenvalue weighted by molar-refractivity contribution is -0.130. The molecule has 0 unspecified atom stereocenters. The molecule has 0 bridgehead atoms. The first kappa shape index (κ1) is 15.7. The molecule has 4 rings (SSSR count). The van der Waals surface area contributed by atoms with E-state index in [1.54, 1.807) is 17.5 Å². The van der Waals surface area contributed by atoms with Crippen LogP contribution in [-0.4, -0.2) is 41.5 Å². The molecule has 1 saturated carbocycles. The number of thiazole rings is 1. The highest BCUT2D eigenvalue weighted by atomic mass is 32.1. The van der Waals surface area contributed by atoms with Crippen LogP contribution in [0.4, 0.5) is 0 Å². The standard InChI is InChI=1S/C18H21N3O2S/c22-17(20-14-6-7-14)16(13-4-2-1-3-5-13)21-9-10-23-15(12-21)18-19-8-11-24-18/h1-5,8,11,14-16H,6-7,9-10,12H2,(H,20,22)/t15-,16-/m1/s1. The van der Waals surface area contributed by atoms with Crippen LogP contribution in [0.3, 0.4) is 0 Å². The average Bonchev–Trinajstić information content (AvgIpc) is 3.25. The molecule has 1 N–H and O–H groups in total. The Morgan fingerprint density at radius 3 is 2.88 bits per heavy atom. The minimum Gasteiger partial charge on any atom is -0.368 e. The molecule has 1 aliphatic heterocycles. The molecular weight excluding hydrogens is 322 g/mol. The van der Waals surface area contributed by atoms with Gasteiger partial charge < -0.3 is 10.1 Å². The molecule has 5 nitrogen and oxygen atoms in total. The van der Waals surface area contributed by atoms with Crippen molar-refractivity contribution in [2.45, 2.75) is 31.0 Å². The van der Waals surface area contributed by atoms with Gasteiger partial charge in [-0.05, 0) is 18.4 Å². The monoisotopic (exact) mass is 343 g/mol. The summed E-state index contributed by atoms with van der Waals surface area (Å²) in [5, 5.41) is 6.11. The molecule has 0 radical (unpaired) electrons. The predicted molar refractivity (Wildman–Crippen MR) is 92.7 cm³/mol. The van der Waals surface area contributed by atoms with Crippen molar-refractivity contribution in [3.63, 3.8) is 0 Å². The third-order valence-electron chi connectivity index (χ3n) is 4.48. The van der Waals surface area contributed by atoms with Crippen molar-refractivity contribution < 1.29 is 9.53 Å². The first-order valence-electron chi connectivity index (χ1n) is 8.41. The molecule has 2 atom stereocenters. The minimum absolute atomic E-state index is 0.0568. The summed E-state index contributed by atoms with van der Waals surface area (Å²) in [7, 11) is 0. The Balaban J connectivity index is 1.56. The van der Waals surface area contributed by atoms with Crippen molar-refractivity contribution in [2.75, 3.05) is 19.7 Å². The van der Waals surface area contributed by atoms with E-state index in [9.17, 15) is 4.79 Å². The summed E-state index contributed by atoms with van der Waals surface area (Å²) in [6, 6.07) is 10.1. The van der Waals surface area contributed by atoms with Crippen LogP contribution < -0.4 is 5.32 Å². The summed E-state index contributed by atoms with van der Waals surface area (Å²) in [6.45, 7) is 2.05. The molecule has 1 amide bonds. The Hall–Kier alpha value is -1.76. The fraction of sp³-hybridized carbons (Fsp3) is 0.444. The van der Waals surface area contributed by atoms with E-state index in [4.69, 9.17) is 4.74 Å². The molecule has 2 fully saturated rings. The van der Waals surface area contributed by atoms with Gasteiger partial charge in [-0.15, -0.1) is 11.3 Å². The number of hydrogen-bond acceptors (Lipinski definition) is 5. The second-order valence-corrected chi connectivity index (χ2v) is 7.25. The number of benzene rings is 1. The van der Waals surface area contributed by atoms with E-state index >= 15 is 0 Å². The second kappa shape index (κ2) is 7.01. The molecule has 24 heavy (non-hydrogen) atoms. The van der Waals surface area contributed by atoms with Gasteiger partial charge in [-0.25, -0.2) is 4.98 Å². The zero-order chi connectivity index (χ0) is 16.4. The van der Waals surface area contributed by atoms with Crippen molar-refractivity contribution in [2.24, 2.45) is 0 Å². The first-order chi connectivity index (χ1) is 11.8. The van der Waals surface area contributed by atoms with Crippen molar-refractivity contribution in [3.8, 4) is 0 Å². The van der Waals surface area contributed by atoms with Gasteiger partial charge in [0.25, 0.3) is 0 Å². The Labute approximate surface area is 145 Å². The van der Waals surface area contributed by atoms with Gasteiger partial charge in [0.2, 0.25) is 5.91 Å². The van der Waals surface area contributed by atoms with Gasteiger partial charge in [0.1, 0.15) is 17.2 Å². The highest BCUT2D eigenvalue weighted by Crippen LogP contribution is 2.31. The molecule has 2 aromatic rings. The highest BCUT2D eigenvalue weighted by Gasteiger charge is 2.35. The van der Waals surface area contributed by atoms with Crippen LogP contribution in [0.5, 0.6) is 0 Å². The Kier molecular flexibility index (Phi) is 4.60. The van der Waals surface area contributed by atoms with E-state index < -0.39 is 0 Å². The fourth-order valence-corrected chi connectivity index (χ4v) is 3.79. The van der Waals surface area contributed by atoms with Crippen molar-refractivity contribution in [1.82, 2.24) is 15.2 Å². The largest absolute Gasteiger partial charge is 0.368 e.